The summed E-state index contributed by atoms with van der Waals surface area (Å²) in [5.41, 5.74) is 6.21. The summed E-state index contributed by atoms with van der Waals surface area (Å²) in [6, 6.07) is 3.73. The van der Waals surface area contributed by atoms with Gasteiger partial charge in [0.05, 0.1) is 4.90 Å². The molecule has 1 aromatic rings. The van der Waals surface area contributed by atoms with Crippen LogP contribution in [0.4, 0.5) is 0 Å². The number of carboxylic acid groups (broad SMARTS) is 1. The maximum absolute atomic E-state index is 11.6. The van der Waals surface area contributed by atoms with Gasteiger partial charge in [-0.3, -0.25) is 4.79 Å². The van der Waals surface area contributed by atoms with E-state index in [9.17, 15) is 13.2 Å². The number of carbonyl (C=O) groups is 1. The molecular formula is C11H14ClNO4S. The lowest BCUT2D eigenvalue weighted by molar-refractivity contribution is -0.137. The van der Waals surface area contributed by atoms with E-state index in [1.807, 2.05) is 0 Å². The second-order valence-electron chi connectivity index (χ2n) is 3.99. The molecule has 0 bridgehead atoms. The van der Waals surface area contributed by atoms with Gasteiger partial charge in [0.1, 0.15) is 0 Å². The maximum atomic E-state index is 11.6. The zero-order valence-electron chi connectivity index (χ0n) is 9.76. The second-order valence-corrected chi connectivity index (χ2v) is 6.41. The Morgan fingerprint density at radius 3 is 2.61 bits per heavy atom. The third kappa shape index (κ3) is 3.97. The third-order valence-corrected chi connectivity index (χ3v) is 3.83. The van der Waals surface area contributed by atoms with Gasteiger partial charge in [0.25, 0.3) is 0 Å². The normalized spacial score (nSPS) is 13.3. The first-order valence-electron chi connectivity index (χ1n) is 5.18. The quantitative estimate of drug-likeness (QED) is 0.859. The summed E-state index contributed by atoms with van der Waals surface area (Å²) in [6.07, 6.45) is 1.11. The fourth-order valence-corrected chi connectivity index (χ4v) is 2.80. The van der Waals surface area contributed by atoms with E-state index in [-0.39, 0.29) is 17.7 Å². The molecule has 0 unspecified atom stereocenters. The highest BCUT2D eigenvalue weighted by Crippen LogP contribution is 2.27. The molecule has 0 aliphatic heterocycles. The summed E-state index contributed by atoms with van der Waals surface area (Å²) < 4.78 is 23.2. The van der Waals surface area contributed by atoms with Crippen molar-refractivity contribution < 1.29 is 18.3 Å². The predicted molar refractivity (Wildman–Crippen MR) is 68.4 cm³/mol. The van der Waals surface area contributed by atoms with Crippen LogP contribution >= 0.6 is 11.6 Å². The number of hydrogen-bond donors (Lipinski definition) is 2. The van der Waals surface area contributed by atoms with Crippen LogP contribution in [0.2, 0.25) is 5.02 Å². The van der Waals surface area contributed by atoms with Crippen LogP contribution < -0.4 is 5.73 Å². The third-order valence-electron chi connectivity index (χ3n) is 2.44. The fraction of sp³-hybridized carbons (Fsp3) is 0.364. The van der Waals surface area contributed by atoms with Crippen molar-refractivity contribution in [1.29, 1.82) is 0 Å². The standard InChI is InChI=1S/C11H14ClNO4S/c1-18(16,17)10-6-7(12)2-3-8(10)9(13)4-5-11(14)15/h2-3,6,9H,4-5,13H2,1H3,(H,14,15)/t9-/m0/s1. The Morgan fingerprint density at radius 1 is 1.50 bits per heavy atom. The Morgan fingerprint density at radius 2 is 2.11 bits per heavy atom. The lowest BCUT2D eigenvalue weighted by Gasteiger charge is -2.15. The Bertz CT molecular complexity index is 556. The highest BCUT2D eigenvalue weighted by atomic mass is 35.5. The Kier molecular flexibility index (Phi) is 4.72. The van der Waals surface area contributed by atoms with Crippen molar-refractivity contribution in [2.24, 2.45) is 5.73 Å². The molecule has 0 heterocycles. The molecule has 0 spiro atoms. The molecule has 0 fully saturated rings. The predicted octanol–water partition coefficient (Wildman–Crippen LogP) is 1.61. The number of rotatable bonds is 5. The van der Waals surface area contributed by atoms with E-state index < -0.39 is 21.8 Å². The van der Waals surface area contributed by atoms with Crippen LogP contribution in [0.1, 0.15) is 24.4 Å². The smallest absolute Gasteiger partial charge is 0.303 e. The number of hydrogen-bond acceptors (Lipinski definition) is 4. The van der Waals surface area contributed by atoms with Crippen LogP contribution in [0.3, 0.4) is 0 Å². The van der Waals surface area contributed by atoms with Crippen molar-refractivity contribution in [2.45, 2.75) is 23.8 Å². The average molecular weight is 292 g/mol. The summed E-state index contributed by atoms with van der Waals surface area (Å²) in [5.74, 6) is -0.972. The molecule has 18 heavy (non-hydrogen) atoms. The maximum Gasteiger partial charge on any atom is 0.303 e. The molecule has 1 aromatic carbocycles. The molecule has 0 aliphatic carbocycles. The first kappa shape index (κ1) is 14.9. The first-order valence-corrected chi connectivity index (χ1v) is 7.45. The zero-order valence-corrected chi connectivity index (χ0v) is 11.3. The van der Waals surface area contributed by atoms with E-state index in [0.717, 1.165) is 6.26 Å². The lowest BCUT2D eigenvalue weighted by atomic mass is 10.0. The van der Waals surface area contributed by atoms with Crippen molar-refractivity contribution in [2.75, 3.05) is 6.26 Å². The van der Waals surface area contributed by atoms with Crippen molar-refractivity contribution in [3.63, 3.8) is 0 Å². The van der Waals surface area contributed by atoms with Crippen LogP contribution in [0.5, 0.6) is 0 Å². The van der Waals surface area contributed by atoms with Gasteiger partial charge in [-0.05, 0) is 24.1 Å². The second kappa shape index (κ2) is 5.69. The lowest BCUT2D eigenvalue weighted by Crippen LogP contribution is -2.16. The number of nitrogens with two attached hydrogens (primary N) is 1. The summed E-state index contributed by atoms with van der Waals surface area (Å²) in [6.45, 7) is 0. The summed E-state index contributed by atoms with van der Waals surface area (Å²) in [4.78, 5) is 10.5. The van der Waals surface area contributed by atoms with E-state index >= 15 is 0 Å². The van der Waals surface area contributed by atoms with E-state index in [1.165, 1.54) is 18.2 Å². The Hall–Kier alpha value is -1.11. The molecule has 5 nitrogen and oxygen atoms in total. The van der Waals surface area contributed by atoms with Gasteiger partial charge in [0.2, 0.25) is 0 Å². The summed E-state index contributed by atoms with van der Waals surface area (Å²) in [5, 5.41) is 8.88. The molecule has 0 radical (unpaired) electrons. The minimum absolute atomic E-state index is 0.0490. The molecule has 100 valence electrons. The zero-order chi connectivity index (χ0) is 13.9. The van der Waals surface area contributed by atoms with Crippen molar-refractivity contribution in [3.05, 3.63) is 28.8 Å². The van der Waals surface area contributed by atoms with Gasteiger partial charge < -0.3 is 10.8 Å². The first-order chi connectivity index (χ1) is 8.21. The molecule has 0 saturated carbocycles. The van der Waals surface area contributed by atoms with Gasteiger partial charge in [-0.15, -0.1) is 0 Å². The minimum Gasteiger partial charge on any atom is -0.481 e. The van der Waals surface area contributed by atoms with Crippen LogP contribution in [0, 0.1) is 0 Å². The van der Waals surface area contributed by atoms with Crippen LogP contribution in [0.15, 0.2) is 23.1 Å². The minimum atomic E-state index is -3.45. The van der Waals surface area contributed by atoms with E-state index in [1.54, 1.807) is 0 Å². The highest BCUT2D eigenvalue weighted by Gasteiger charge is 2.19. The number of carboxylic acids is 1. The molecule has 1 atom stereocenters. The van der Waals surface area contributed by atoms with Gasteiger partial charge in [0, 0.05) is 23.7 Å². The van der Waals surface area contributed by atoms with E-state index in [2.05, 4.69) is 0 Å². The molecule has 0 saturated heterocycles. The topological polar surface area (TPSA) is 97.5 Å². The largest absolute Gasteiger partial charge is 0.481 e. The van der Waals surface area contributed by atoms with Gasteiger partial charge in [0.15, 0.2) is 9.84 Å². The van der Waals surface area contributed by atoms with Gasteiger partial charge in [-0.1, -0.05) is 17.7 Å². The van der Waals surface area contributed by atoms with E-state index in [0.29, 0.717) is 10.6 Å². The number of aliphatic carboxylic acids is 1. The molecule has 0 amide bonds. The molecule has 0 aliphatic rings. The highest BCUT2D eigenvalue weighted by molar-refractivity contribution is 7.90. The monoisotopic (exact) mass is 291 g/mol. The van der Waals surface area contributed by atoms with Crippen LogP contribution in [-0.4, -0.2) is 25.7 Å². The van der Waals surface area contributed by atoms with Crippen LogP contribution in [0.25, 0.3) is 0 Å². The van der Waals surface area contributed by atoms with Crippen molar-refractivity contribution in [1.82, 2.24) is 0 Å². The summed E-state index contributed by atoms with van der Waals surface area (Å²) in [7, 11) is -3.45. The number of halogens is 1. The van der Waals surface area contributed by atoms with E-state index in [4.69, 9.17) is 22.4 Å². The fourth-order valence-electron chi connectivity index (χ4n) is 1.57. The molecular weight excluding hydrogens is 278 g/mol. The van der Waals surface area contributed by atoms with Crippen molar-refractivity contribution >= 4 is 27.4 Å². The summed E-state index contributed by atoms with van der Waals surface area (Å²) >= 11 is 5.76. The molecule has 3 N–H and O–H groups in total. The van der Waals surface area contributed by atoms with Gasteiger partial charge in [-0.2, -0.15) is 0 Å². The molecule has 7 heteroatoms. The van der Waals surface area contributed by atoms with Crippen molar-refractivity contribution in [3.8, 4) is 0 Å². The van der Waals surface area contributed by atoms with Crippen LogP contribution in [-0.2, 0) is 14.6 Å². The Labute approximate surface area is 110 Å². The average Bonchev–Trinajstić information content (AvgIpc) is 2.24. The van der Waals surface area contributed by atoms with Gasteiger partial charge in [-0.25, -0.2) is 8.42 Å². The number of benzene rings is 1. The Balaban J connectivity index is 3.12. The molecule has 0 aromatic heterocycles. The van der Waals surface area contributed by atoms with Gasteiger partial charge >= 0.3 is 5.97 Å². The SMILES string of the molecule is CS(=O)(=O)c1cc(Cl)ccc1[C@@H](N)CCC(=O)O. The molecule has 1 rings (SSSR count). The number of sulfone groups is 1.